The third-order valence-corrected chi connectivity index (χ3v) is 2.39. The molecule has 112 valence electrons. The van der Waals surface area contributed by atoms with Crippen LogP contribution in [-0.2, 0) is 14.4 Å². The first-order valence-electron chi connectivity index (χ1n) is 5.84. The highest BCUT2D eigenvalue weighted by Gasteiger charge is 2.24. The molecule has 3 N–H and O–H groups in total. The van der Waals surface area contributed by atoms with Crippen LogP contribution in [0.2, 0.25) is 0 Å². The Balaban J connectivity index is 2.79. The predicted octanol–water partition coefficient (Wildman–Crippen LogP) is 0.270. The largest absolute Gasteiger partial charge is 0.480 e. The normalized spacial score (nSPS) is 11.3. The Morgan fingerprint density at radius 2 is 1.81 bits per heavy atom. The maximum absolute atomic E-state index is 11.7. The summed E-state index contributed by atoms with van der Waals surface area (Å²) in [6.07, 6.45) is -0.622. The van der Waals surface area contributed by atoms with E-state index in [1.165, 1.54) is 24.3 Å². The fraction of sp³-hybridized carbons (Fsp3) is 0.231. The van der Waals surface area contributed by atoms with E-state index in [0.717, 1.165) is 6.92 Å². The van der Waals surface area contributed by atoms with E-state index >= 15 is 0 Å². The van der Waals surface area contributed by atoms with Gasteiger partial charge in [0, 0.05) is 6.92 Å². The zero-order chi connectivity index (χ0) is 16.0. The maximum Gasteiger partial charge on any atom is 0.339 e. The number of aromatic carboxylic acids is 1. The van der Waals surface area contributed by atoms with Crippen molar-refractivity contribution in [2.45, 2.75) is 19.4 Å². The van der Waals surface area contributed by atoms with Crippen molar-refractivity contribution in [1.82, 2.24) is 5.32 Å². The van der Waals surface area contributed by atoms with Crippen LogP contribution >= 0.6 is 0 Å². The van der Waals surface area contributed by atoms with Crippen LogP contribution in [0, 0.1) is 0 Å². The van der Waals surface area contributed by atoms with E-state index in [1.54, 1.807) is 0 Å². The summed E-state index contributed by atoms with van der Waals surface area (Å²) in [7, 11) is 0. The van der Waals surface area contributed by atoms with Crippen LogP contribution in [0.1, 0.15) is 23.7 Å². The van der Waals surface area contributed by atoms with E-state index in [2.05, 4.69) is 5.32 Å². The molecule has 21 heavy (non-hydrogen) atoms. The Kier molecular flexibility index (Phi) is 5.41. The van der Waals surface area contributed by atoms with Crippen LogP contribution in [-0.4, -0.2) is 40.1 Å². The minimum atomic E-state index is -1.44. The Labute approximate surface area is 119 Å². The number of amides is 1. The van der Waals surface area contributed by atoms with E-state index in [0.29, 0.717) is 0 Å². The van der Waals surface area contributed by atoms with Crippen molar-refractivity contribution in [2.75, 3.05) is 0 Å². The zero-order valence-electron chi connectivity index (χ0n) is 11.0. The van der Waals surface area contributed by atoms with E-state index in [9.17, 15) is 19.2 Å². The average Bonchev–Trinajstić information content (AvgIpc) is 2.37. The van der Waals surface area contributed by atoms with Crippen molar-refractivity contribution in [1.29, 1.82) is 0 Å². The molecule has 0 saturated carbocycles. The highest BCUT2D eigenvalue weighted by molar-refractivity contribution is 5.92. The molecular formula is C13H13NO7. The van der Waals surface area contributed by atoms with Crippen LogP contribution in [0.25, 0.3) is 0 Å². The molecule has 0 heterocycles. The molecule has 0 aliphatic carbocycles. The maximum atomic E-state index is 11.7. The highest BCUT2D eigenvalue weighted by Crippen LogP contribution is 2.18. The number of para-hydroxylation sites is 1. The SMILES string of the molecule is CC(=O)N[C@@H](CC(=O)Oc1ccccc1C(=O)O)C(=O)O. The van der Waals surface area contributed by atoms with Gasteiger partial charge in [0.25, 0.3) is 0 Å². The summed E-state index contributed by atoms with van der Waals surface area (Å²) in [6, 6.07) is 4.01. The van der Waals surface area contributed by atoms with Crippen LogP contribution in [0.15, 0.2) is 24.3 Å². The second-order valence-corrected chi connectivity index (χ2v) is 4.07. The lowest BCUT2D eigenvalue weighted by Crippen LogP contribution is -2.41. The van der Waals surface area contributed by atoms with Gasteiger partial charge in [-0.2, -0.15) is 0 Å². The van der Waals surface area contributed by atoms with Crippen molar-refractivity contribution in [3.8, 4) is 5.75 Å². The van der Waals surface area contributed by atoms with Crippen LogP contribution < -0.4 is 10.1 Å². The van der Waals surface area contributed by atoms with Crippen LogP contribution in [0.4, 0.5) is 0 Å². The number of carboxylic acids is 2. The van der Waals surface area contributed by atoms with Gasteiger partial charge in [-0.15, -0.1) is 0 Å². The summed E-state index contributed by atoms with van der Waals surface area (Å²) in [4.78, 5) is 44.3. The smallest absolute Gasteiger partial charge is 0.339 e. The van der Waals surface area contributed by atoms with Gasteiger partial charge in [-0.3, -0.25) is 9.59 Å². The summed E-state index contributed by atoms with van der Waals surface area (Å²) < 4.78 is 4.83. The first kappa shape index (κ1) is 16.2. The fourth-order valence-corrected chi connectivity index (χ4v) is 1.51. The lowest BCUT2D eigenvalue weighted by Gasteiger charge is -2.13. The first-order chi connectivity index (χ1) is 9.81. The standard InChI is InChI=1S/C13H13NO7/c1-7(15)14-9(13(19)20)6-11(16)21-10-5-3-2-4-8(10)12(17)18/h2-5,9H,6H2,1H3,(H,14,15)(H,17,18)(H,19,20)/t9-/m0/s1. The molecule has 1 aromatic rings. The van der Waals surface area contributed by atoms with Gasteiger partial charge in [0.2, 0.25) is 5.91 Å². The zero-order valence-corrected chi connectivity index (χ0v) is 11.0. The molecule has 1 aromatic carbocycles. The van der Waals surface area contributed by atoms with Gasteiger partial charge in [-0.25, -0.2) is 9.59 Å². The van der Waals surface area contributed by atoms with Gasteiger partial charge in [0.15, 0.2) is 0 Å². The molecule has 0 aromatic heterocycles. The van der Waals surface area contributed by atoms with E-state index in [4.69, 9.17) is 14.9 Å². The lowest BCUT2D eigenvalue weighted by molar-refractivity contribution is -0.146. The molecule has 1 atom stereocenters. The van der Waals surface area contributed by atoms with Crippen molar-refractivity contribution in [2.24, 2.45) is 0 Å². The number of benzene rings is 1. The number of rotatable bonds is 6. The van der Waals surface area contributed by atoms with E-state index in [-0.39, 0.29) is 11.3 Å². The van der Waals surface area contributed by atoms with Crippen molar-refractivity contribution >= 4 is 23.8 Å². The quantitative estimate of drug-likeness (QED) is 0.507. The summed E-state index contributed by atoms with van der Waals surface area (Å²) in [5.74, 6) is -4.45. The number of aliphatic carboxylic acids is 1. The van der Waals surface area contributed by atoms with Crippen LogP contribution in [0.3, 0.4) is 0 Å². The monoisotopic (exact) mass is 295 g/mol. The Morgan fingerprint density at radius 3 is 2.33 bits per heavy atom. The second kappa shape index (κ2) is 7.04. The Bertz CT molecular complexity index is 582. The molecule has 0 radical (unpaired) electrons. The molecule has 0 aliphatic heterocycles. The fourth-order valence-electron chi connectivity index (χ4n) is 1.51. The molecular weight excluding hydrogens is 282 g/mol. The number of carbonyl (C=O) groups is 4. The van der Waals surface area contributed by atoms with Crippen LogP contribution in [0.5, 0.6) is 5.75 Å². The number of nitrogens with one attached hydrogen (secondary N) is 1. The van der Waals surface area contributed by atoms with Gasteiger partial charge in [-0.1, -0.05) is 12.1 Å². The van der Waals surface area contributed by atoms with E-state index in [1.807, 2.05) is 0 Å². The summed E-state index contributed by atoms with van der Waals surface area (Å²) in [5.41, 5.74) is -0.225. The predicted molar refractivity (Wildman–Crippen MR) is 68.9 cm³/mol. The van der Waals surface area contributed by atoms with E-state index < -0.39 is 36.3 Å². The topological polar surface area (TPSA) is 130 Å². The molecule has 0 bridgehead atoms. The number of carbonyl (C=O) groups excluding carboxylic acids is 2. The molecule has 0 saturated heterocycles. The number of carboxylic acid groups (broad SMARTS) is 2. The lowest BCUT2D eigenvalue weighted by atomic mass is 10.2. The van der Waals surface area contributed by atoms with Gasteiger partial charge < -0.3 is 20.3 Å². The average molecular weight is 295 g/mol. The van der Waals surface area contributed by atoms with Gasteiger partial charge in [-0.05, 0) is 12.1 Å². The minimum absolute atomic E-state index is 0.193. The number of hydrogen-bond donors (Lipinski definition) is 3. The van der Waals surface area contributed by atoms with Gasteiger partial charge >= 0.3 is 17.9 Å². The molecule has 0 unspecified atom stereocenters. The van der Waals surface area contributed by atoms with Gasteiger partial charge in [0.05, 0.1) is 6.42 Å². The van der Waals surface area contributed by atoms with Gasteiger partial charge in [0.1, 0.15) is 17.4 Å². The number of hydrogen-bond acceptors (Lipinski definition) is 5. The second-order valence-electron chi connectivity index (χ2n) is 4.07. The van der Waals surface area contributed by atoms with Crippen molar-refractivity contribution in [3.63, 3.8) is 0 Å². The third-order valence-electron chi connectivity index (χ3n) is 2.39. The number of esters is 1. The summed E-state index contributed by atoms with van der Waals surface area (Å²) in [6.45, 7) is 1.11. The molecule has 8 nitrogen and oxygen atoms in total. The molecule has 1 rings (SSSR count). The third kappa shape index (κ3) is 4.94. The summed E-state index contributed by atoms with van der Waals surface area (Å²) >= 11 is 0. The summed E-state index contributed by atoms with van der Waals surface area (Å²) in [5, 5.41) is 19.9. The number of ether oxygens (including phenoxy) is 1. The Morgan fingerprint density at radius 1 is 1.19 bits per heavy atom. The first-order valence-corrected chi connectivity index (χ1v) is 5.84. The molecule has 0 spiro atoms. The Hall–Kier alpha value is -2.90. The highest BCUT2D eigenvalue weighted by atomic mass is 16.5. The van der Waals surface area contributed by atoms with Crippen molar-refractivity contribution < 1.29 is 34.1 Å². The molecule has 8 heteroatoms. The van der Waals surface area contributed by atoms with Crippen molar-refractivity contribution in [3.05, 3.63) is 29.8 Å². The minimum Gasteiger partial charge on any atom is -0.480 e. The molecule has 0 fully saturated rings. The molecule has 0 aliphatic rings. The molecule has 1 amide bonds.